The molecule has 1 atom stereocenters. The lowest BCUT2D eigenvalue weighted by Crippen LogP contribution is -2.57. The molecule has 2 aliphatic rings. The smallest absolute Gasteiger partial charge is 0.256 e. The lowest BCUT2D eigenvalue weighted by atomic mass is 10.0. The zero-order valence-electron chi connectivity index (χ0n) is 13.2. The van der Waals surface area contributed by atoms with E-state index in [4.69, 9.17) is 11.6 Å². The Morgan fingerprint density at radius 1 is 1.12 bits per heavy atom. The second-order valence-electron chi connectivity index (χ2n) is 6.09. The molecule has 4 rings (SSSR count). The number of fused-ring (bicyclic) bond motifs is 2. The molecule has 0 aliphatic carbocycles. The van der Waals surface area contributed by atoms with Crippen molar-refractivity contribution in [3.8, 4) is 11.1 Å². The van der Waals surface area contributed by atoms with E-state index in [0.717, 1.165) is 0 Å². The molecule has 0 saturated carbocycles. The summed E-state index contributed by atoms with van der Waals surface area (Å²) in [5.41, 5.74) is 1.73. The first-order chi connectivity index (χ1) is 12.0. The summed E-state index contributed by atoms with van der Waals surface area (Å²) in [5.74, 6) is -0.904. The highest BCUT2D eigenvalue weighted by atomic mass is 35.5. The minimum absolute atomic E-state index is 0.218. The number of carbonyl (C=O) groups is 2. The number of piperazine rings is 1. The van der Waals surface area contributed by atoms with Gasteiger partial charge in [-0.1, -0.05) is 17.7 Å². The Labute approximate surface area is 148 Å². The van der Waals surface area contributed by atoms with Crippen molar-refractivity contribution in [1.29, 1.82) is 0 Å². The van der Waals surface area contributed by atoms with Crippen LogP contribution in [-0.4, -0.2) is 42.4 Å². The van der Waals surface area contributed by atoms with Gasteiger partial charge < -0.3 is 15.5 Å². The molecule has 0 radical (unpaired) electrons. The lowest BCUT2D eigenvalue weighted by Gasteiger charge is -2.33. The minimum Gasteiger partial charge on any atom is -0.324 e. The van der Waals surface area contributed by atoms with E-state index in [1.54, 1.807) is 35.2 Å². The summed E-state index contributed by atoms with van der Waals surface area (Å²) in [7, 11) is 0. The average molecular weight is 360 g/mol. The Morgan fingerprint density at radius 2 is 1.96 bits per heavy atom. The van der Waals surface area contributed by atoms with Gasteiger partial charge in [-0.2, -0.15) is 0 Å². The first kappa shape index (κ1) is 16.1. The molecular weight excluding hydrogens is 345 g/mol. The van der Waals surface area contributed by atoms with E-state index in [2.05, 4.69) is 10.6 Å². The fraction of sp³-hybridized carbons (Fsp3) is 0.222. The zero-order chi connectivity index (χ0) is 17.6. The molecule has 0 aromatic heterocycles. The maximum absolute atomic E-state index is 14.2. The molecule has 2 heterocycles. The summed E-state index contributed by atoms with van der Waals surface area (Å²) in [6.45, 7) is 1.51. The number of carbonyl (C=O) groups excluding carboxylic acids is 2. The minimum atomic E-state index is -0.538. The van der Waals surface area contributed by atoms with Crippen LogP contribution < -0.4 is 10.6 Å². The van der Waals surface area contributed by atoms with Crippen LogP contribution in [0.5, 0.6) is 0 Å². The Hall–Kier alpha value is -2.44. The number of anilines is 1. The zero-order valence-corrected chi connectivity index (χ0v) is 13.9. The highest BCUT2D eigenvalue weighted by Gasteiger charge is 2.36. The number of rotatable bonds is 1. The number of nitrogens with zero attached hydrogens (tertiary/aromatic N) is 1. The first-order valence-electron chi connectivity index (χ1n) is 7.96. The summed E-state index contributed by atoms with van der Waals surface area (Å²) in [6.07, 6.45) is 0. The van der Waals surface area contributed by atoms with E-state index in [1.165, 1.54) is 6.07 Å². The molecule has 1 unspecified atom stereocenters. The molecule has 7 heteroatoms. The van der Waals surface area contributed by atoms with Crippen molar-refractivity contribution in [2.75, 3.05) is 25.0 Å². The monoisotopic (exact) mass is 359 g/mol. The van der Waals surface area contributed by atoms with Crippen LogP contribution in [0, 0.1) is 5.82 Å². The highest BCUT2D eigenvalue weighted by molar-refractivity contribution is 6.30. The molecule has 2 N–H and O–H groups in total. The number of benzene rings is 2. The van der Waals surface area contributed by atoms with E-state index < -0.39 is 11.9 Å². The van der Waals surface area contributed by atoms with Crippen LogP contribution in [0.15, 0.2) is 36.4 Å². The van der Waals surface area contributed by atoms with Crippen molar-refractivity contribution in [3.63, 3.8) is 0 Å². The number of hydrogen-bond acceptors (Lipinski definition) is 3. The summed E-state index contributed by atoms with van der Waals surface area (Å²) < 4.78 is 14.2. The third-order valence-electron chi connectivity index (χ3n) is 4.56. The van der Waals surface area contributed by atoms with Gasteiger partial charge in [0, 0.05) is 30.2 Å². The highest BCUT2D eigenvalue weighted by Crippen LogP contribution is 2.31. The molecule has 2 aromatic carbocycles. The first-order valence-corrected chi connectivity index (χ1v) is 8.34. The van der Waals surface area contributed by atoms with Gasteiger partial charge in [0.2, 0.25) is 5.91 Å². The van der Waals surface area contributed by atoms with E-state index in [1.807, 2.05) is 0 Å². The van der Waals surface area contributed by atoms with Gasteiger partial charge in [0.05, 0.1) is 11.3 Å². The predicted octanol–water partition coefficient (Wildman–Crippen LogP) is 2.51. The standard InChI is InChI=1S/C18H15ClFN3O2/c19-11-2-3-12(14(20)8-11)10-1-4-15-13(7-10)18(25)23-6-5-21-9-16(23)17(24)22-15/h1-4,7-8,16,21H,5-6,9H2,(H,22,24). The molecular formula is C18H15ClFN3O2. The Kier molecular flexibility index (Phi) is 3.94. The summed E-state index contributed by atoms with van der Waals surface area (Å²) in [6, 6.07) is 8.81. The normalized spacial score (nSPS) is 19.8. The van der Waals surface area contributed by atoms with Gasteiger partial charge in [-0.15, -0.1) is 0 Å². The van der Waals surface area contributed by atoms with E-state index >= 15 is 0 Å². The van der Waals surface area contributed by atoms with E-state index in [-0.39, 0.29) is 11.8 Å². The predicted molar refractivity (Wildman–Crippen MR) is 93.2 cm³/mol. The maximum Gasteiger partial charge on any atom is 0.256 e. The molecule has 128 valence electrons. The van der Waals surface area contributed by atoms with Crippen molar-refractivity contribution < 1.29 is 14.0 Å². The van der Waals surface area contributed by atoms with E-state index in [9.17, 15) is 14.0 Å². The molecule has 1 fully saturated rings. The topological polar surface area (TPSA) is 61.4 Å². The van der Waals surface area contributed by atoms with Crippen molar-refractivity contribution in [3.05, 3.63) is 52.8 Å². The van der Waals surface area contributed by atoms with Crippen LogP contribution in [-0.2, 0) is 4.79 Å². The Bertz CT molecular complexity index is 887. The van der Waals surface area contributed by atoms with Crippen LogP contribution in [0.1, 0.15) is 10.4 Å². The van der Waals surface area contributed by atoms with Gasteiger partial charge in [-0.3, -0.25) is 9.59 Å². The third kappa shape index (κ3) is 2.77. The molecule has 0 bridgehead atoms. The number of amides is 2. The van der Waals surface area contributed by atoms with Gasteiger partial charge in [-0.25, -0.2) is 4.39 Å². The quantitative estimate of drug-likeness (QED) is 0.822. The molecule has 0 spiro atoms. The van der Waals surface area contributed by atoms with Gasteiger partial charge in [0.25, 0.3) is 5.91 Å². The fourth-order valence-corrected chi connectivity index (χ4v) is 3.43. The van der Waals surface area contributed by atoms with Gasteiger partial charge in [0.1, 0.15) is 11.9 Å². The SMILES string of the molecule is O=C1Nc2ccc(-c3ccc(Cl)cc3F)cc2C(=O)N2CCNCC12. The largest absolute Gasteiger partial charge is 0.324 e. The Morgan fingerprint density at radius 3 is 2.76 bits per heavy atom. The van der Waals surface area contributed by atoms with Crippen molar-refractivity contribution in [1.82, 2.24) is 10.2 Å². The molecule has 2 aliphatic heterocycles. The van der Waals surface area contributed by atoms with Crippen LogP contribution in [0.2, 0.25) is 5.02 Å². The van der Waals surface area contributed by atoms with E-state index in [0.29, 0.717) is 47.0 Å². The van der Waals surface area contributed by atoms with Gasteiger partial charge >= 0.3 is 0 Å². The summed E-state index contributed by atoms with van der Waals surface area (Å²) in [4.78, 5) is 26.9. The average Bonchev–Trinajstić information content (AvgIpc) is 2.71. The number of nitrogens with one attached hydrogen (secondary N) is 2. The lowest BCUT2D eigenvalue weighted by molar-refractivity contribution is -0.120. The van der Waals surface area contributed by atoms with Crippen molar-refractivity contribution >= 4 is 29.1 Å². The van der Waals surface area contributed by atoms with Crippen LogP contribution in [0.25, 0.3) is 11.1 Å². The van der Waals surface area contributed by atoms with Crippen molar-refractivity contribution in [2.24, 2.45) is 0 Å². The maximum atomic E-state index is 14.2. The van der Waals surface area contributed by atoms with Crippen LogP contribution in [0.3, 0.4) is 0 Å². The molecule has 2 aromatic rings. The van der Waals surface area contributed by atoms with Crippen LogP contribution in [0.4, 0.5) is 10.1 Å². The second kappa shape index (κ2) is 6.13. The number of halogens is 2. The molecule has 5 nitrogen and oxygen atoms in total. The van der Waals surface area contributed by atoms with Crippen LogP contribution >= 0.6 is 11.6 Å². The number of hydrogen-bond donors (Lipinski definition) is 2. The van der Waals surface area contributed by atoms with Gasteiger partial charge in [0.15, 0.2) is 0 Å². The second-order valence-corrected chi connectivity index (χ2v) is 6.53. The third-order valence-corrected chi connectivity index (χ3v) is 4.79. The Balaban J connectivity index is 1.80. The molecule has 1 saturated heterocycles. The summed E-state index contributed by atoms with van der Waals surface area (Å²) >= 11 is 5.80. The molecule has 2 amide bonds. The van der Waals surface area contributed by atoms with Crippen molar-refractivity contribution in [2.45, 2.75) is 6.04 Å². The fourth-order valence-electron chi connectivity index (χ4n) is 3.27. The molecule has 25 heavy (non-hydrogen) atoms. The summed E-state index contributed by atoms with van der Waals surface area (Å²) in [5, 5.41) is 6.23. The van der Waals surface area contributed by atoms with Gasteiger partial charge in [-0.05, 0) is 35.9 Å².